The number of thioether (sulfide) groups is 1. The molecule has 94 valence electrons. The molecule has 0 atom stereocenters. The summed E-state index contributed by atoms with van der Waals surface area (Å²) in [6, 6.07) is 0. The Kier molecular flexibility index (Phi) is 4.82. The summed E-state index contributed by atoms with van der Waals surface area (Å²) in [5, 5.41) is 2.81. The van der Waals surface area contributed by atoms with E-state index in [0.29, 0.717) is 12.2 Å². The predicted octanol–water partition coefficient (Wildman–Crippen LogP) is 1.22. The van der Waals surface area contributed by atoms with Crippen LogP contribution in [0.3, 0.4) is 0 Å². The first-order valence-electron chi connectivity index (χ1n) is 5.83. The van der Waals surface area contributed by atoms with Crippen molar-refractivity contribution in [2.24, 2.45) is 5.73 Å². The number of nitrogens with two attached hydrogens (primary N) is 1. The summed E-state index contributed by atoms with van der Waals surface area (Å²) in [4.78, 5) is 18.5. The Hall–Kier alpha value is -0.590. The van der Waals surface area contributed by atoms with Crippen LogP contribution in [-0.4, -0.2) is 46.9 Å². The number of rotatable bonds is 3. The number of carbonyl (C=O) groups is 1. The van der Waals surface area contributed by atoms with Crippen LogP contribution in [-0.2, 0) is 6.42 Å². The maximum Gasteiger partial charge on any atom is 0.273 e. The summed E-state index contributed by atoms with van der Waals surface area (Å²) in [6.07, 6.45) is 1.84. The van der Waals surface area contributed by atoms with E-state index in [1.54, 1.807) is 0 Å². The summed E-state index contributed by atoms with van der Waals surface area (Å²) in [7, 11) is 0. The minimum absolute atomic E-state index is 0.0759. The molecule has 2 rings (SSSR count). The zero-order chi connectivity index (χ0) is 12.1. The molecule has 2 heterocycles. The highest BCUT2D eigenvalue weighted by molar-refractivity contribution is 7.99. The normalized spacial score (nSPS) is 16.9. The fraction of sp³-hybridized carbons (Fsp3) is 0.636. The van der Waals surface area contributed by atoms with E-state index in [1.165, 1.54) is 11.3 Å². The minimum Gasteiger partial charge on any atom is -0.336 e. The average molecular weight is 271 g/mol. The van der Waals surface area contributed by atoms with Gasteiger partial charge < -0.3 is 10.6 Å². The first kappa shape index (κ1) is 12.9. The molecule has 0 saturated carbocycles. The molecule has 1 aromatic heterocycles. The van der Waals surface area contributed by atoms with E-state index in [4.69, 9.17) is 5.73 Å². The van der Waals surface area contributed by atoms with E-state index in [1.807, 2.05) is 22.0 Å². The highest BCUT2D eigenvalue weighted by Crippen LogP contribution is 2.15. The van der Waals surface area contributed by atoms with Crippen molar-refractivity contribution in [1.29, 1.82) is 0 Å². The second-order valence-electron chi connectivity index (χ2n) is 3.92. The third-order valence-electron chi connectivity index (χ3n) is 2.64. The van der Waals surface area contributed by atoms with Crippen LogP contribution in [0.1, 0.15) is 21.9 Å². The number of carbonyl (C=O) groups excluding carboxylic acids is 1. The Balaban J connectivity index is 2.01. The lowest BCUT2D eigenvalue weighted by atomic mass is 10.3. The molecule has 17 heavy (non-hydrogen) atoms. The molecule has 1 amide bonds. The largest absolute Gasteiger partial charge is 0.336 e. The van der Waals surface area contributed by atoms with Gasteiger partial charge >= 0.3 is 0 Å². The summed E-state index contributed by atoms with van der Waals surface area (Å²) < 4.78 is 0. The van der Waals surface area contributed by atoms with Crippen LogP contribution in [0, 0.1) is 0 Å². The van der Waals surface area contributed by atoms with Gasteiger partial charge in [-0.25, -0.2) is 4.98 Å². The number of hydrogen-bond acceptors (Lipinski definition) is 5. The van der Waals surface area contributed by atoms with Crippen molar-refractivity contribution in [3.8, 4) is 0 Å². The fourth-order valence-corrected chi connectivity index (χ4v) is 3.43. The lowest BCUT2D eigenvalue weighted by Crippen LogP contribution is -2.33. The van der Waals surface area contributed by atoms with Crippen molar-refractivity contribution in [3.63, 3.8) is 0 Å². The topological polar surface area (TPSA) is 59.2 Å². The first-order chi connectivity index (χ1) is 8.31. The first-order valence-corrected chi connectivity index (χ1v) is 7.86. The van der Waals surface area contributed by atoms with Gasteiger partial charge in [-0.3, -0.25) is 4.79 Å². The molecule has 0 spiro atoms. The van der Waals surface area contributed by atoms with Crippen LogP contribution in [0.15, 0.2) is 5.38 Å². The molecule has 0 radical (unpaired) electrons. The van der Waals surface area contributed by atoms with Crippen molar-refractivity contribution in [1.82, 2.24) is 9.88 Å². The Bertz CT molecular complexity index is 373. The third-order valence-corrected chi connectivity index (χ3v) is 4.60. The SMILES string of the molecule is NCCc1nc(C(=O)N2CCCSCC2)cs1. The monoisotopic (exact) mass is 271 g/mol. The zero-order valence-corrected chi connectivity index (χ0v) is 11.4. The molecule has 6 heteroatoms. The van der Waals surface area contributed by atoms with Gasteiger partial charge in [0.2, 0.25) is 0 Å². The molecule has 4 nitrogen and oxygen atoms in total. The molecule has 1 aliphatic rings. The molecule has 1 aromatic rings. The number of nitrogens with zero attached hydrogens (tertiary/aromatic N) is 2. The van der Waals surface area contributed by atoms with E-state index in [0.717, 1.165) is 42.4 Å². The van der Waals surface area contributed by atoms with Crippen LogP contribution in [0.25, 0.3) is 0 Å². The summed E-state index contributed by atoms with van der Waals surface area (Å²) in [6.45, 7) is 2.28. The Morgan fingerprint density at radius 2 is 2.35 bits per heavy atom. The maximum atomic E-state index is 12.2. The van der Waals surface area contributed by atoms with Gasteiger partial charge in [-0.1, -0.05) is 0 Å². The van der Waals surface area contributed by atoms with Gasteiger partial charge in [0.15, 0.2) is 0 Å². The third kappa shape index (κ3) is 3.43. The number of thiazole rings is 1. The van der Waals surface area contributed by atoms with Crippen molar-refractivity contribution in [2.45, 2.75) is 12.8 Å². The van der Waals surface area contributed by atoms with E-state index < -0.39 is 0 Å². The van der Waals surface area contributed by atoms with Crippen LogP contribution >= 0.6 is 23.1 Å². The van der Waals surface area contributed by atoms with Gasteiger partial charge in [-0.05, 0) is 18.7 Å². The van der Waals surface area contributed by atoms with Crippen LogP contribution < -0.4 is 5.73 Å². The van der Waals surface area contributed by atoms with Crippen molar-refractivity contribution >= 4 is 29.0 Å². The molecule has 0 aliphatic carbocycles. The predicted molar refractivity (Wildman–Crippen MR) is 72.7 cm³/mol. The zero-order valence-electron chi connectivity index (χ0n) is 9.72. The van der Waals surface area contributed by atoms with E-state index in [9.17, 15) is 4.79 Å². The van der Waals surface area contributed by atoms with Crippen LogP contribution in [0.5, 0.6) is 0 Å². The van der Waals surface area contributed by atoms with E-state index >= 15 is 0 Å². The lowest BCUT2D eigenvalue weighted by Gasteiger charge is -2.18. The Morgan fingerprint density at radius 1 is 1.47 bits per heavy atom. The van der Waals surface area contributed by atoms with Crippen LogP contribution in [0.4, 0.5) is 0 Å². The van der Waals surface area contributed by atoms with Crippen molar-refractivity contribution in [2.75, 3.05) is 31.1 Å². The highest BCUT2D eigenvalue weighted by Gasteiger charge is 2.19. The molecular formula is C11H17N3OS2. The van der Waals surface area contributed by atoms with Gasteiger partial charge in [-0.15, -0.1) is 11.3 Å². The molecule has 0 unspecified atom stereocenters. The maximum absolute atomic E-state index is 12.2. The molecule has 2 N–H and O–H groups in total. The number of aromatic nitrogens is 1. The van der Waals surface area contributed by atoms with Gasteiger partial charge in [0.1, 0.15) is 5.69 Å². The average Bonchev–Trinajstić information content (AvgIpc) is 2.64. The minimum atomic E-state index is 0.0759. The van der Waals surface area contributed by atoms with Crippen molar-refractivity contribution < 1.29 is 4.79 Å². The molecule has 1 saturated heterocycles. The van der Waals surface area contributed by atoms with Gasteiger partial charge in [0.25, 0.3) is 5.91 Å². The standard InChI is InChI=1S/C11H17N3OS2/c12-3-2-10-13-9(8-17-10)11(15)14-4-1-6-16-7-5-14/h8H,1-7,12H2. The van der Waals surface area contributed by atoms with Gasteiger partial charge in [-0.2, -0.15) is 11.8 Å². The summed E-state index contributed by atoms with van der Waals surface area (Å²) in [5.74, 6) is 2.26. The Morgan fingerprint density at radius 3 is 3.18 bits per heavy atom. The van der Waals surface area contributed by atoms with Gasteiger partial charge in [0, 0.05) is 30.6 Å². The summed E-state index contributed by atoms with van der Waals surface area (Å²) in [5.41, 5.74) is 6.07. The molecular weight excluding hydrogens is 254 g/mol. The molecule has 1 aliphatic heterocycles. The molecule has 0 bridgehead atoms. The van der Waals surface area contributed by atoms with E-state index in [-0.39, 0.29) is 5.91 Å². The fourth-order valence-electron chi connectivity index (χ4n) is 1.76. The van der Waals surface area contributed by atoms with Gasteiger partial charge in [0.05, 0.1) is 5.01 Å². The number of amides is 1. The quantitative estimate of drug-likeness (QED) is 0.898. The molecule has 0 aromatic carbocycles. The second kappa shape index (κ2) is 6.37. The summed E-state index contributed by atoms with van der Waals surface area (Å²) >= 11 is 3.45. The second-order valence-corrected chi connectivity index (χ2v) is 6.09. The molecule has 1 fully saturated rings. The highest BCUT2D eigenvalue weighted by atomic mass is 32.2. The Labute approximate surface area is 110 Å². The smallest absolute Gasteiger partial charge is 0.273 e. The van der Waals surface area contributed by atoms with E-state index in [2.05, 4.69) is 4.98 Å². The van der Waals surface area contributed by atoms with Crippen molar-refractivity contribution in [3.05, 3.63) is 16.1 Å². The lowest BCUT2D eigenvalue weighted by molar-refractivity contribution is 0.0763. The number of hydrogen-bond donors (Lipinski definition) is 1. The van der Waals surface area contributed by atoms with Crippen LogP contribution in [0.2, 0.25) is 0 Å².